The predicted molar refractivity (Wildman–Crippen MR) is 74.4 cm³/mol. The van der Waals surface area contributed by atoms with Crippen LogP contribution in [0.5, 0.6) is 5.75 Å². The number of carbonyl (C=O) groups excluding carboxylic acids is 2. The number of urea groups is 1. The molecule has 1 saturated heterocycles. The second kappa shape index (κ2) is 5.13. The summed E-state index contributed by atoms with van der Waals surface area (Å²) in [4.78, 5) is 25.1. The molecule has 108 valence electrons. The number of rotatable bonds is 4. The Morgan fingerprint density at radius 2 is 2.10 bits per heavy atom. The molecule has 3 amide bonds. The van der Waals surface area contributed by atoms with Gasteiger partial charge < -0.3 is 15.8 Å². The van der Waals surface area contributed by atoms with E-state index in [1.165, 1.54) is 7.05 Å². The van der Waals surface area contributed by atoms with Crippen molar-refractivity contribution in [3.8, 4) is 5.75 Å². The summed E-state index contributed by atoms with van der Waals surface area (Å²) in [5, 5.41) is 2.68. The van der Waals surface area contributed by atoms with Crippen LogP contribution in [0.15, 0.2) is 18.2 Å². The zero-order valence-electron chi connectivity index (χ0n) is 11.9. The van der Waals surface area contributed by atoms with E-state index in [0.717, 1.165) is 16.2 Å². The summed E-state index contributed by atoms with van der Waals surface area (Å²) in [6.45, 7) is 4.38. The maximum Gasteiger partial charge on any atom is 0.325 e. The summed E-state index contributed by atoms with van der Waals surface area (Å²) in [6, 6.07) is 4.95. The van der Waals surface area contributed by atoms with E-state index >= 15 is 0 Å². The molecule has 6 heteroatoms. The first-order valence-corrected chi connectivity index (χ1v) is 6.50. The van der Waals surface area contributed by atoms with Crippen molar-refractivity contribution in [2.45, 2.75) is 19.4 Å². The Morgan fingerprint density at radius 1 is 1.40 bits per heavy atom. The number of nitrogens with two attached hydrogens (primary N) is 1. The van der Waals surface area contributed by atoms with Gasteiger partial charge in [-0.15, -0.1) is 0 Å². The molecular formula is C14H19N3O3. The standard InChI is InChI=1S/C14H19N3O3/c1-4-20-11-6-5-10(7-9(11)2)14(8-15)12(18)17(3)13(19)16-14/h5-7H,4,8,15H2,1-3H3,(H,16,19). The third kappa shape index (κ3) is 2.02. The Bertz CT molecular complexity index is 559. The molecule has 0 spiro atoms. The van der Waals surface area contributed by atoms with Crippen molar-refractivity contribution >= 4 is 11.9 Å². The lowest BCUT2D eigenvalue weighted by Gasteiger charge is -2.26. The van der Waals surface area contributed by atoms with Gasteiger partial charge in [-0.25, -0.2) is 4.79 Å². The van der Waals surface area contributed by atoms with Gasteiger partial charge in [-0.3, -0.25) is 9.69 Å². The first-order valence-electron chi connectivity index (χ1n) is 6.50. The molecule has 1 aromatic carbocycles. The van der Waals surface area contributed by atoms with Crippen LogP contribution >= 0.6 is 0 Å². The number of nitrogens with one attached hydrogen (secondary N) is 1. The summed E-state index contributed by atoms with van der Waals surface area (Å²) in [5.41, 5.74) is 6.16. The largest absolute Gasteiger partial charge is 0.494 e. The molecule has 1 aromatic rings. The third-order valence-corrected chi connectivity index (χ3v) is 3.57. The normalized spacial score (nSPS) is 22.1. The quantitative estimate of drug-likeness (QED) is 0.795. The van der Waals surface area contributed by atoms with Crippen LogP contribution in [0.3, 0.4) is 0 Å². The van der Waals surface area contributed by atoms with Crippen molar-refractivity contribution in [2.24, 2.45) is 5.73 Å². The number of imide groups is 1. The fourth-order valence-corrected chi connectivity index (χ4v) is 2.38. The average molecular weight is 277 g/mol. The Kier molecular flexibility index (Phi) is 3.67. The highest BCUT2D eigenvalue weighted by Gasteiger charge is 2.50. The number of aryl methyl sites for hydroxylation is 1. The van der Waals surface area contributed by atoms with Crippen molar-refractivity contribution in [2.75, 3.05) is 20.2 Å². The monoisotopic (exact) mass is 277 g/mol. The number of likely N-dealkylation sites (N-methyl/N-ethyl adjacent to an activating group) is 1. The van der Waals surface area contributed by atoms with Crippen LogP contribution in [0.25, 0.3) is 0 Å². The first kappa shape index (κ1) is 14.3. The summed E-state index contributed by atoms with van der Waals surface area (Å²) >= 11 is 0. The van der Waals surface area contributed by atoms with Crippen molar-refractivity contribution < 1.29 is 14.3 Å². The van der Waals surface area contributed by atoms with Crippen LogP contribution in [0, 0.1) is 6.92 Å². The SMILES string of the molecule is CCOc1ccc(C2(CN)NC(=O)N(C)C2=O)cc1C. The molecule has 2 rings (SSSR count). The number of ether oxygens (including phenoxy) is 1. The number of hydrogen-bond acceptors (Lipinski definition) is 4. The van der Waals surface area contributed by atoms with E-state index in [1.807, 2.05) is 19.9 Å². The lowest BCUT2D eigenvalue weighted by atomic mass is 9.88. The van der Waals surface area contributed by atoms with E-state index in [4.69, 9.17) is 10.5 Å². The fourth-order valence-electron chi connectivity index (χ4n) is 2.38. The molecule has 1 unspecified atom stereocenters. The Hall–Kier alpha value is -2.08. The molecular weight excluding hydrogens is 258 g/mol. The van der Waals surface area contributed by atoms with Crippen LogP contribution in [0.2, 0.25) is 0 Å². The molecule has 1 atom stereocenters. The Balaban J connectivity index is 2.46. The lowest BCUT2D eigenvalue weighted by Crippen LogP contribution is -2.50. The fraction of sp³-hybridized carbons (Fsp3) is 0.429. The van der Waals surface area contributed by atoms with E-state index in [2.05, 4.69) is 5.32 Å². The van der Waals surface area contributed by atoms with Gasteiger partial charge >= 0.3 is 6.03 Å². The predicted octanol–water partition coefficient (Wildman–Crippen LogP) is 0.729. The van der Waals surface area contributed by atoms with Crippen molar-refractivity contribution in [1.29, 1.82) is 0 Å². The molecule has 1 fully saturated rings. The Morgan fingerprint density at radius 3 is 2.55 bits per heavy atom. The second-order valence-electron chi connectivity index (χ2n) is 4.82. The summed E-state index contributed by atoms with van der Waals surface area (Å²) in [6.07, 6.45) is 0. The number of carbonyl (C=O) groups is 2. The maximum atomic E-state index is 12.3. The minimum atomic E-state index is -1.18. The zero-order chi connectivity index (χ0) is 14.9. The van der Waals surface area contributed by atoms with Gasteiger partial charge in [0.05, 0.1) is 6.61 Å². The highest BCUT2D eigenvalue weighted by atomic mass is 16.5. The van der Waals surface area contributed by atoms with Crippen LogP contribution in [0.1, 0.15) is 18.1 Å². The van der Waals surface area contributed by atoms with Crippen LogP contribution < -0.4 is 15.8 Å². The number of nitrogens with zero attached hydrogens (tertiary/aromatic N) is 1. The smallest absolute Gasteiger partial charge is 0.325 e. The molecule has 0 aliphatic carbocycles. The molecule has 1 aliphatic rings. The molecule has 1 aliphatic heterocycles. The van der Waals surface area contributed by atoms with Crippen LogP contribution in [0.4, 0.5) is 4.79 Å². The first-order chi connectivity index (χ1) is 9.46. The summed E-state index contributed by atoms with van der Waals surface area (Å²) in [7, 11) is 1.44. The molecule has 20 heavy (non-hydrogen) atoms. The number of benzene rings is 1. The average Bonchev–Trinajstić information content (AvgIpc) is 2.66. The third-order valence-electron chi connectivity index (χ3n) is 3.57. The zero-order valence-corrected chi connectivity index (χ0v) is 11.9. The van der Waals surface area contributed by atoms with Gasteiger partial charge in [-0.2, -0.15) is 0 Å². The van der Waals surface area contributed by atoms with Gasteiger partial charge in [-0.1, -0.05) is 6.07 Å². The molecule has 0 radical (unpaired) electrons. The van der Waals surface area contributed by atoms with Gasteiger partial charge in [0.2, 0.25) is 0 Å². The van der Waals surface area contributed by atoms with E-state index in [1.54, 1.807) is 12.1 Å². The summed E-state index contributed by atoms with van der Waals surface area (Å²) in [5.74, 6) is 0.419. The number of hydrogen-bond donors (Lipinski definition) is 2. The molecule has 6 nitrogen and oxygen atoms in total. The summed E-state index contributed by atoms with van der Waals surface area (Å²) < 4.78 is 5.48. The number of amides is 3. The van der Waals surface area contributed by atoms with Crippen molar-refractivity contribution in [1.82, 2.24) is 10.2 Å². The molecule has 0 saturated carbocycles. The maximum absolute atomic E-state index is 12.3. The van der Waals surface area contributed by atoms with Gasteiger partial charge in [0, 0.05) is 13.6 Å². The van der Waals surface area contributed by atoms with E-state index in [-0.39, 0.29) is 12.5 Å². The highest BCUT2D eigenvalue weighted by Crippen LogP contribution is 2.30. The van der Waals surface area contributed by atoms with Crippen molar-refractivity contribution in [3.05, 3.63) is 29.3 Å². The molecule has 3 N–H and O–H groups in total. The molecule has 0 bridgehead atoms. The second-order valence-corrected chi connectivity index (χ2v) is 4.82. The minimum Gasteiger partial charge on any atom is -0.494 e. The lowest BCUT2D eigenvalue weighted by molar-refractivity contribution is -0.130. The van der Waals surface area contributed by atoms with Gasteiger partial charge in [0.15, 0.2) is 5.54 Å². The molecule has 0 aromatic heterocycles. The Labute approximate surface area is 117 Å². The van der Waals surface area contributed by atoms with Gasteiger partial charge in [-0.05, 0) is 37.1 Å². The molecule has 1 heterocycles. The van der Waals surface area contributed by atoms with E-state index in [9.17, 15) is 9.59 Å². The van der Waals surface area contributed by atoms with E-state index < -0.39 is 11.6 Å². The van der Waals surface area contributed by atoms with Crippen molar-refractivity contribution in [3.63, 3.8) is 0 Å². The minimum absolute atomic E-state index is 0.00926. The topological polar surface area (TPSA) is 84.7 Å². The highest BCUT2D eigenvalue weighted by molar-refractivity contribution is 6.07. The van der Waals surface area contributed by atoms with Crippen LogP contribution in [-0.2, 0) is 10.3 Å². The van der Waals surface area contributed by atoms with Crippen LogP contribution in [-0.4, -0.2) is 37.0 Å². The van der Waals surface area contributed by atoms with Gasteiger partial charge in [0.1, 0.15) is 5.75 Å². The van der Waals surface area contributed by atoms with Gasteiger partial charge in [0.25, 0.3) is 5.91 Å². The van der Waals surface area contributed by atoms with E-state index in [0.29, 0.717) is 12.2 Å².